The molecule has 122 valence electrons. The fraction of sp³-hybridized carbons (Fsp3) is 0.188. The highest BCUT2D eigenvalue weighted by atomic mass is 35.5. The second kappa shape index (κ2) is 7.59. The van der Waals surface area contributed by atoms with Crippen LogP contribution >= 0.6 is 11.6 Å². The van der Waals surface area contributed by atoms with Crippen LogP contribution in [0.3, 0.4) is 0 Å². The van der Waals surface area contributed by atoms with E-state index in [1.54, 1.807) is 6.07 Å². The van der Waals surface area contributed by atoms with Gasteiger partial charge in [-0.05, 0) is 42.3 Å². The molecule has 0 aliphatic heterocycles. The number of rotatable bonds is 6. The van der Waals surface area contributed by atoms with E-state index < -0.39 is 15.9 Å². The fourth-order valence-corrected chi connectivity index (χ4v) is 3.11. The summed E-state index contributed by atoms with van der Waals surface area (Å²) < 4.78 is 26.4. The second-order valence-electron chi connectivity index (χ2n) is 4.84. The number of para-hydroxylation sites is 1. The van der Waals surface area contributed by atoms with Crippen molar-refractivity contribution in [2.24, 2.45) is 0 Å². The van der Waals surface area contributed by atoms with E-state index in [2.05, 4.69) is 10.0 Å². The number of halogens is 1. The number of carbonyl (C=O) groups excluding carboxylic acids is 1. The van der Waals surface area contributed by atoms with Gasteiger partial charge in [0.2, 0.25) is 15.9 Å². The molecule has 1 amide bonds. The van der Waals surface area contributed by atoms with Crippen molar-refractivity contribution in [2.75, 3.05) is 11.9 Å². The Balaban J connectivity index is 2.00. The zero-order valence-corrected chi connectivity index (χ0v) is 14.1. The first-order chi connectivity index (χ1) is 10.9. The predicted octanol–water partition coefficient (Wildman–Crippen LogP) is 2.82. The Morgan fingerprint density at radius 1 is 1.09 bits per heavy atom. The Kier molecular flexibility index (Phi) is 5.76. The SMILES string of the molecule is CCc1ccccc1NC(=O)CNS(=O)(=O)c1ccc(Cl)cc1. The van der Waals surface area contributed by atoms with Crippen LogP contribution in [-0.4, -0.2) is 20.9 Å². The number of hydrogen-bond acceptors (Lipinski definition) is 3. The van der Waals surface area contributed by atoms with E-state index >= 15 is 0 Å². The van der Waals surface area contributed by atoms with Crippen LogP contribution in [0.25, 0.3) is 0 Å². The molecule has 0 spiro atoms. The van der Waals surface area contributed by atoms with Crippen molar-refractivity contribution in [3.8, 4) is 0 Å². The number of benzene rings is 2. The highest BCUT2D eigenvalue weighted by Gasteiger charge is 2.15. The maximum atomic E-state index is 12.1. The van der Waals surface area contributed by atoms with Gasteiger partial charge < -0.3 is 5.32 Å². The van der Waals surface area contributed by atoms with Crippen LogP contribution in [-0.2, 0) is 21.2 Å². The lowest BCUT2D eigenvalue weighted by atomic mass is 10.1. The summed E-state index contributed by atoms with van der Waals surface area (Å²) in [4.78, 5) is 12.0. The van der Waals surface area contributed by atoms with Gasteiger partial charge in [-0.1, -0.05) is 36.7 Å². The summed E-state index contributed by atoms with van der Waals surface area (Å²) in [6, 6.07) is 13.1. The molecule has 2 N–H and O–H groups in total. The van der Waals surface area contributed by atoms with E-state index in [9.17, 15) is 13.2 Å². The van der Waals surface area contributed by atoms with Crippen LogP contribution < -0.4 is 10.0 Å². The third-order valence-corrected chi connectivity index (χ3v) is 4.89. The molecule has 0 fully saturated rings. The third kappa shape index (κ3) is 4.79. The molecule has 7 heteroatoms. The molecule has 0 radical (unpaired) electrons. The molecule has 0 saturated heterocycles. The molecule has 2 aromatic rings. The number of sulfonamides is 1. The second-order valence-corrected chi connectivity index (χ2v) is 7.04. The first-order valence-corrected chi connectivity index (χ1v) is 8.91. The smallest absolute Gasteiger partial charge is 0.241 e. The molecule has 2 aromatic carbocycles. The first kappa shape index (κ1) is 17.5. The quantitative estimate of drug-likeness (QED) is 0.839. The molecular formula is C16H17ClN2O3S. The van der Waals surface area contributed by atoms with Gasteiger partial charge in [0.1, 0.15) is 0 Å². The van der Waals surface area contributed by atoms with Crippen molar-refractivity contribution in [3.05, 3.63) is 59.1 Å². The van der Waals surface area contributed by atoms with Crippen molar-refractivity contribution >= 4 is 33.2 Å². The maximum absolute atomic E-state index is 12.1. The van der Waals surface area contributed by atoms with Gasteiger partial charge in [0.15, 0.2) is 0 Å². The van der Waals surface area contributed by atoms with E-state index in [1.165, 1.54) is 24.3 Å². The van der Waals surface area contributed by atoms with E-state index in [1.807, 2.05) is 25.1 Å². The minimum Gasteiger partial charge on any atom is -0.325 e. The molecule has 0 saturated carbocycles. The molecule has 0 heterocycles. The fourth-order valence-electron chi connectivity index (χ4n) is 2.00. The van der Waals surface area contributed by atoms with Crippen LogP contribution in [0.2, 0.25) is 5.02 Å². The number of hydrogen-bond donors (Lipinski definition) is 2. The Labute approximate surface area is 140 Å². The number of amides is 1. The van der Waals surface area contributed by atoms with E-state index in [0.29, 0.717) is 10.7 Å². The summed E-state index contributed by atoms with van der Waals surface area (Å²) in [7, 11) is -3.75. The summed E-state index contributed by atoms with van der Waals surface area (Å²) >= 11 is 5.73. The van der Waals surface area contributed by atoms with Crippen LogP contribution in [0.4, 0.5) is 5.69 Å². The summed E-state index contributed by atoms with van der Waals surface area (Å²) in [6.07, 6.45) is 0.771. The average Bonchev–Trinajstić information content (AvgIpc) is 2.54. The molecule has 0 atom stereocenters. The normalized spacial score (nSPS) is 11.2. The predicted molar refractivity (Wildman–Crippen MR) is 91.1 cm³/mol. The topological polar surface area (TPSA) is 75.3 Å². The van der Waals surface area contributed by atoms with Gasteiger partial charge in [-0.15, -0.1) is 0 Å². The number of anilines is 1. The van der Waals surface area contributed by atoms with Gasteiger partial charge in [-0.2, -0.15) is 0 Å². The van der Waals surface area contributed by atoms with Crippen LogP contribution in [0, 0.1) is 0 Å². The highest BCUT2D eigenvalue weighted by molar-refractivity contribution is 7.89. The number of carbonyl (C=O) groups is 1. The molecule has 0 bridgehead atoms. The van der Waals surface area contributed by atoms with Crippen LogP contribution in [0.5, 0.6) is 0 Å². The molecule has 23 heavy (non-hydrogen) atoms. The van der Waals surface area contributed by atoms with Gasteiger partial charge >= 0.3 is 0 Å². The molecular weight excluding hydrogens is 336 g/mol. The lowest BCUT2D eigenvalue weighted by Gasteiger charge is -2.10. The van der Waals surface area contributed by atoms with Crippen molar-refractivity contribution in [1.82, 2.24) is 4.72 Å². The Hall–Kier alpha value is -1.89. The van der Waals surface area contributed by atoms with E-state index in [4.69, 9.17) is 11.6 Å². The lowest BCUT2D eigenvalue weighted by molar-refractivity contribution is -0.115. The average molecular weight is 353 g/mol. The Morgan fingerprint density at radius 3 is 2.39 bits per heavy atom. The monoisotopic (exact) mass is 352 g/mol. The van der Waals surface area contributed by atoms with E-state index in [0.717, 1.165) is 12.0 Å². The summed E-state index contributed by atoms with van der Waals surface area (Å²) in [5.41, 5.74) is 1.67. The van der Waals surface area contributed by atoms with Gasteiger partial charge in [0, 0.05) is 10.7 Å². The zero-order chi connectivity index (χ0) is 16.9. The van der Waals surface area contributed by atoms with Gasteiger partial charge in [0.25, 0.3) is 0 Å². The molecule has 0 aliphatic carbocycles. The van der Waals surface area contributed by atoms with Crippen molar-refractivity contribution in [2.45, 2.75) is 18.2 Å². The van der Waals surface area contributed by atoms with Gasteiger partial charge in [0.05, 0.1) is 11.4 Å². The molecule has 0 aromatic heterocycles. The summed E-state index contributed by atoms with van der Waals surface area (Å²) in [5.74, 6) is -0.427. The molecule has 0 aliphatic rings. The first-order valence-electron chi connectivity index (χ1n) is 7.05. The highest BCUT2D eigenvalue weighted by Crippen LogP contribution is 2.16. The Bertz CT molecular complexity index is 789. The molecule has 0 unspecified atom stereocenters. The largest absolute Gasteiger partial charge is 0.325 e. The standard InChI is InChI=1S/C16H17ClN2O3S/c1-2-12-5-3-4-6-15(12)19-16(20)11-18-23(21,22)14-9-7-13(17)8-10-14/h3-10,18H,2,11H2,1H3,(H,19,20). The summed E-state index contributed by atoms with van der Waals surface area (Å²) in [6.45, 7) is 1.64. The zero-order valence-electron chi connectivity index (χ0n) is 12.5. The van der Waals surface area contributed by atoms with Gasteiger partial charge in [-0.3, -0.25) is 4.79 Å². The van der Waals surface area contributed by atoms with Crippen molar-refractivity contribution < 1.29 is 13.2 Å². The number of nitrogens with one attached hydrogen (secondary N) is 2. The lowest BCUT2D eigenvalue weighted by Crippen LogP contribution is -2.33. The van der Waals surface area contributed by atoms with Crippen molar-refractivity contribution in [1.29, 1.82) is 0 Å². The summed E-state index contributed by atoms with van der Waals surface area (Å²) in [5, 5.41) is 3.15. The third-order valence-electron chi connectivity index (χ3n) is 3.22. The van der Waals surface area contributed by atoms with E-state index in [-0.39, 0.29) is 11.4 Å². The Morgan fingerprint density at radius 2 is 1.74 bits per heavy atom. The van der Waals surface area contributed by atoms with Crippen LogP contribution in [0.1, 0.15) is 12.5 Å². The van der Waals surface area contributed by atoms with Gasteiger partial charge in [-0.25, -0.2) is 13.1 Å². The van der Waals surface area contributed by atoms with Crippen LogP contribution in [0.15, 0.2) is 53.4 Å². The number of aryl methyl sites for hydroxylation is 1. The molecule has 2 rings (SSSR count). The van der Waals surface area contributed by atoms with Crippen molar-refractivity contribution in [3.63, 3.8) is 0 Å². The minimum absolute atomic E-state index is 0.0589. The maximum Gasteiger partial charge on any atom is 0.241 e. The minimum atomic E-state index is -3.75. The molecule has 5 nitrogen and oxygen atoms in total.